The Morgan fingerprint density at radius 2 is 1.91 bits per heavy atom. The van der Waals surface area contributed by atoms with Gasteiger partial charge < -0.3 is 9.30 Å². The van der Waals surface area contributed by atoms with Crippen molar-refractivity contribution in [3.8, 4) is 0 Å². The molecule has 32 heavy (non-hydrogen) atoms. The molecule has 1 N–H and O–H groups in total. The Balaban J connectivity index is 2.00. The Bertz CT molecular complexity index is 1120. The number of rotatable bonds is 12. The fourth-order valence-corrected chi connectivity index (χ4v) is 5.12. The lowest BCUT2D eigenvalue weighted by Gasteiger charge is -2.20. The smallest absolute Gasteiger partial charge is 0.241 e. The quantitative estimate of drug-likeness (QED) is 0.302. The van der Waals surface area contributed by atoms with Gasteiger partial charge in [-0.3, -0.25) is 0 Å². The van der Waals surface area contributed by atoms with Crippen molar-refractivity contribution in [1.82, 2.24) is 19.5 Å². The first-order valence-corrected chi connectivity index (χ1v) is 12.8. The largest absolute Gasteiger partial charge is 0.383 e. The van der Waals surface area contributed by atoms with Gasteiger partial charge in [0.1, 0.15) is 0 Å². The van der Waals surface area contributed by atoms with Gasteiger partial charge in [0.05, 0.1) is 17.5 Å². The van der Waals surface area contributed by atoms with Crippen LogP contribution in [0.5, 0.6) is 0 Å². The summed E-state index contributed by atoms with van der Waals surface area (Å²) < 4.78 is 36.3. The number of aromatic nitrogens is 3. The number of sulfonamides is 1. The van der Waals surface area contributed by atoms with Crippen molar-refractivity contribution >= 4 is 33.4 Å². The molecule has 1 aromatic heterocycles. The highest BCUT2D eigenvalue weighted by Gasteiger charge is 2.27. The second-order valence-corrected chi connectivity index (χ2v) is 10.0. The van der Waals surface area contributed by atoms with E-state index >= 15 is 0 Å². The third kappa shape index (κ3) is 6.43. The molecule has 0 saturated heterocycles. The number of nitrogens with one attached hydrogen (secondary N) is 1. The Kier molecular flexibility index (Phi) is 8.89. The highest BCUT2D eigenvalue weighted by molar-refractivity contribution is 7.99. The lowest BCUT2D eigenvalue weighted by atomic mass is 10.1. The zero-order valence-electron chi connectivity index (χ0n) is 17.6. The topological polar surface area (TPSA) is 86.1 Å². The molecule has 0 aliphatic carbocycles. The summed E-state index contributed by atoms with van der Waals surface area (Å²) in [6, 6.07) is 15.1. The molecule has 0 spiro atoms. The zero-order valence-corrected chi connectivity index (χ0v) is 20.0. The van der Waals surface area contributed by atoms with Crippen molar-refractivity contribution in [3.63, 3.8) is 0 Å². The SMILES string of the molecule is C=CCSc1nnc([C@@H](Cc2ccccc2)NS(=O)(=O)c2ccc(Cl)cc2)n1CCOC. The second-order valence-electron chi connectivity index (χ2n) is 6.90. The lowest BCUT2D eigenvalue weighted by Crippen LogP contribution is -2.32. The third-order valence-corrected chi connectivity index (χ3v) is 7.31. The number of methoxy groups -OCH3 is 1. The minimum atomic E-state index is -3.83. The Morgan fingerprint density at radius 1 is 1.19 bits per heavy atom. The number of hydrogen-bond donors (Lipinski definition) is 1. The number of benzene rings is 2. The molecule has 0 radical (unpaired) electrons. The number of halogens is 1. The van der Waals surface area contributed by atoms with Crippen LogP contribution >= 0.6 is 23.4 Å². The summed E-state index contributed by atoms with van der Waals surface area (Å²) in [5.74, 6) is 1.18. The monoisotopic (exact) mass is 492 g/mol. The predicted octanol–water partition coefficient (Wildman–Crippen LogP) is 4.12. The lowest BCUT2D eigenvalue weighted by molar-refractivity contribution is 0.183. The molecule has 0 aliphatic heterocycles. The minimum absolute atomic E-state index is 0.129. The van der Waals surface area contributed by atoms with E-state index < -0.39 is 16.1 Å². The summed E-state index contributed by atoms with van der Waals surface area (Å²) in [6.45, 7) is 4.68. The van der Waals surface area contributed by atoms with Crippen molar-refractivity contribution in [2.75, 3.05) is 19.5 Å². The average molecular weight is 493 g/mol. The molecule has 1 heterocycles. The summed E-state index contributed by atoms with van der Waals surface area (Å²) in [5.41, 5.74) is 0.970. The van der Waals surface area contributed by atoms with Crippen molar-refractivity contribution in [2.24, 2.45) is 0 Å². The first kappa shape index (κ1) is 24.5. The molecular formula is C22H25ClN4O3S2. The highest BCUT2D eigenvalue weighted by atomic mass is 35.5. The van der Waals surface area contributed by atoms with Crippen LogP contribution in [0.25, 0.3) is 0 Å². The van der Waals surface area contributed by atoms with Crippen LogP contribution in [0.4, 0.5) is 0 Å². The molecule has 1 atom stereocenters. The fraction of sp³-hybridized carbons (Fsp3) is 0.273. The van der Waals surface area contributed by atoms with E-state index in [-0.39, 0.29) is 4.90 Å². The molecule has 0 saturated carbocycles. The molecule has 170 valence electrons. The summed E-state index contributed by atoms with van der Waals surface area (Å²) in [4.78, 5) is 0.129. The maximum Gasteiger partial charge on any atom is 0.241 e. The van der Waals surface area contributed by atoms with Gasteiger partial charge in [-0.05, 0) is 36.2 Å². The Labute approximate surface area is 197 Å². The molecule has 0 amide bonds. The van der Waals surface area contributed by atoms with E-state index in [9.17, 15) is 8.42 Å². The maximum atomic E-state index is 13.2. The van der Waals surface area contributed by atoms with Crippen LogP contribution in [0.15, 0.2) is 77.3 Å². The molecular weight excluding hydrogens is 468 g/mol. The molecule has 0 bridgehead atoms. The van der Waals surface area contributed by atoms with Crippen molar-refractivity contribution < 1.29 is 13.2 Å². The van der Waals surface area contributed by atoms with Gasteiger partial charge in [-0.25, -0.2) is 13.1 Å². The van der Waals surface area contributed by atoms with E-state index in [0.717, 1.165) is 5.56 Å². The predicted molar refractivity (Wildman–Crippen MR) is 127 cm³/mol. The van der Waals surface area contributed by atoms with Gasteiger partial charge in [0, 0.05) is 24.4 Å². The molecule has 0 fully saturated rings. The van der Waals surface area contributed by atoms with E-state index in [1.54, 1.807) is 25.3 Å². The van der Waals surface area contributed by atoms with E-state index in [4.69, 9.17) is 16.3 Å². The van der Waals surface area contributed by atoms with E-state index in [1.165, 1.54) is 23.9 Å². The highest BCUT2D eigenvalue weighted by Crippen LogP contribution is 2.25. The molecule has 3 rings (SSSR count). The Hall–Kier alpha value is -2.17. The normalized spacial score (nSPS) is 12.6. The number of thioether (sulfide) groups is 1. The van der Waals surface area contributed by atoms with Crippen molar-refractivity contribution in [2.45, 2.75) is 29.1 Å². The van der Waals surface area contributed by atoms with Crippen LogP contribution in [-0.4, -0.2) is 42.7 Å². The van der Waals surface area contributed by atoms with E-state index in [1.807, 2.05) is 34.9 Å². The van der Waals surface area contributed by atoms with Crippen LogP contribution in [0.2, 0.25) is 5.02 Å². The van der Waals surface area contributed by atoms with Crippen LogP contribution in [0, 0.1) is 0 Å². The number of nitrogens with zero attached hydrogens (tertiary/aromatic N) is 3. The van der Waals surface area contributed by atoms with E-state index in [0.29, 0.717) is 41.3 Å². The molecule has 10 heteroatoms. The summed E-state index contributed by atoms with van der Waals surface area (Å²) in [7, 11) is -2.22. The summed E-state index contributed by atoms with van der Waals surface area (Å²) >= 11 is 7.41. The maximum absolute atomic E-state index is 13.2. The number of ether oxygens (including phenoxy) is 1. The molecule has 2 aromatic carbocycles. The van der Waals surface area contributed by atoms with Gasteiger partial charge in [-0.2, -0.15) is 0 Å². The third-order valence-electron chi connectivity index (χ3n) is 4.61. The van der Waals surface area contributed by atoms with Crippen molar-refractivity contribution in [3.05, 3.63) is 83.7 Å². The average Bonchev–Trinajstić information content (AvgIpc) is 3.19. The summed E-state index contributed by atoms with van der Waals surface area (Å²) in [5, 5.41) is 9.82. The fourth-order valence-electron chi connectivity index (χ4n) is 3.10. The first-order chi connectivity index (χ1) is 15.4. The van der Waals surface area contributed by atoms with E-state index in [2.05, 4.69) is 21.5 Å². The zero-order chi connectivity index (χ0) is 23.0. The molecule has 0 unspecified atom stereocenters. The van der Waals surface area contributed by atoms with Gasteiger partial charge >= 0.3 is 0 Å². The molecule has 3 aromatic rings. The van der Waals surface area contributed by atoms with Crippen LogP contribution in [-0.2, 0) is 27.7 Å². The standard InChI is InChI=1S/C22H25ClN4O3S2/c1-3-15-31-22-25-24-21(27(22)13-14-30-2)20(16-17-7-5-4-6-8-17)26-32(28,29)19-11-9-18(23)10-12-19/h3-12,20,26H,1,13-16H2,2H3/t20-/m1/s1. The van der Waals surface area contributed by atoms with Gasteiger partial charge in [0.25, 0.3) is 0 Å². The Morgan fingerprint density at radius 3 is 2.56 bits per heavy atom. The minimum Gasteiger partial charge on any atom is -0.383 e. The molecule has 7 nitrogen and oxygen atoms in total. The molecule has 0 aliphatic rings. The van der Waals surface area contributed by atoms with Crippen LogP contribution < -0.4 is 4.72 Å². The van der Waals surface area contributed by atoms with Crippen LogP contribution in [0.1, 0.15) is 17.4 Å². The first-order valence-electron chi connectivity index (χ1n) is 9.92. The second kappa shape index (κ2) is 11.6. The van der Waals surface area contributed by atoms with Crippen molar-refractivity contribution in [1.29, 1.82) is 0 Å². The summed E-state index contributed by atoms with van der Waals surface area (Å²) in [6.07, 6.45) is 2.19. The van der Waals surface area contributed by atoms with Gasteiger partial charge in [-0.15, -0.1) is 16.8 Å². The van der Waals surface area contributed by atoms with Crippen LogP contribution in [0.3, 0.4) is 0 Å². The van der Waals surface area contributed by atoms with Gasteiger partial charge in [-0.1, -0.05) is 59.8 Å². The van der Waals surface area contributed by atoms with Gasteiger partial charge in [0.2, 0.25) is 10.0 Å². The van der Waals surface area contributed by atoms with Gasteiger partial charge in [0.15, 0.2) is 11.0 Å². The number of hydrogen-bond acceptors (Lipinski definition) is 6.